The number of aryl methyl sites for hydroxylation is 1. The molecule has 0 aliphatic rings. The summed E-state index contributed by atoms with van der Waals surface area (Å²) in [7, 11) is 1.67. The van der Waals surface area contributed by atoms with Gasteiger partial charge in [-0.3, -0.25) is 4.79 Å². The second kappa shape index (κ2) is 10.6. The van der Waals surface area contributed by atoms with Gasteiger partial charge >= 0.3 is 0 Å². The molecule has 2 aromatic carbocycles. The molecule has 0 bridgehead atoms. The minimum absolute atomic E-state index is 0.0766. The number of hydrogen-bond donors (Lipinski definition) is 2. The number of carbonyl (C=O) groups excluding carboxylic acids is 1. The monoisotopic (exact) mass is 356 g/mol. The van der Waals surface area contributed by atoms with E-state index in [0.29, 0.717) is 19.8 Å². The van der Waals surface area contributed by atoms with E-state index < -0.39 is 0 Å². The maximum absolute atomic E-state index is 12.2. The number of benzene rings is 2. The summed E-state index contributed by atoms with van der Waals surface area (Å²) in [6, 6.07) is 15.3. The zero-order chi connectivity index (χ0) is 18.8. The Morgan fingerprint density at radius 3 is 2.65 bits per heavy atom. The van der Waals surface area contributed by atoms with Crippen LogP contribution in [-0.2, 0) is 16.1 Å². The maximum Gasteiger partial charge on any atom is 0.222 e. The van der Waals surface area contributed by atoms with E-state index in [-0.39, 0.29) is 18.4 Å². The van der Waals surface area contributed by atoms with Crippen LogP contribution in [0.5, 0.6) is 5.75 Å². The SMILES string of the molecule is COCCCOc1cc(C)ccc1CNC(=O)CC(N)c1ccccc1. The molecule has 0 saturated carbocycles. The molecule has 1 unspecified atom stereocenters. The molecular weight excluding hydrogens is 328 g/mol. The Labute approximate surface area is 155 Å². The van der Waals surface area contributed by atoms with Crippen LogP contribution < -0.4 is 15.8 Å². The second-order valence-electron chi connectivity index (χ2n) is 6.30. The first-order valence-corrected chi connectivity index (χ1v) is 8.88. The van der Waals surface area contributed by atoms with E-state index in [1.807, 2.05) is 55.5 Å². The van der Waals surface area contributed by atoms with Gasteiger partial charge in [0, 0.05) is 44.7 Å². The van der Waals surface area contributed by atoms with Gasteiger partial charge in [-0.25, -0.2) is 0 Å². The molecule has 26 heavy (non-hydrogen) atoms. The van der Waals surface area contributed by atoms with Crippen molar-refractivity contribution in [3.8, 4) is 5.75 Å². The summed E-state index contributed by atoms with van der Waals surface area (Å²) in [5.41, 5.74) is 9.14. The lowest BCUT2D eigenvalue weighted by atomic mass is 10.0. The van der Waals surface area contributed by atoms with E-state index >= 15 is 0 Å². The first-order valence-electron chi connectivity index (χ1n) is 8.88. The molecule has 5 nitrogen and oxygen atoms in total. The van der Waals surface area contributed by atoms with E-state index in [9.17, 15) is 4.79 Å². The van der Waals surface area contributed by atoms with Gasteiger partial charge in [-0.2, -0.15) is 0 Å². The van der Waals surface area contributed by atoms with E-state index in [0.717, 1.165) is 28.9 Å². The fourth-order valence-electron chi connectivity index (χ4n) is 2.61. The quantitative estimate of drug-likeness (QED) is 0.642. The molecule has 0 saturated heterocycles. The third-order valence-corrected chi connectivity index (χ3v) is 4.08. The average Bonchev–Trinajstić information content (AvgIpc) is 2.65. The number of methoxy groups -OCH3 is 1. The third-order valence-electron chi connectivity index (χ3n) is 4.08. The molecule has 1 amide bonds. The summed E-state index contributed by atoms with van der Waals surface area (Å²) in [5, 5.41) is 2.94. The first-order chi connectivity index (χ1) is 12.6. The summed E-state index contributed by atoms with van der Waals surface area (Å²) in [4.78, 5) is 12.2. The van der Waals surface area contributed by atoms with Gasteiger partial charge in [-0.05, 0) is 24.1 Å². The van der Waals surface area contributed by atoms with E-state index in [4.69, 9.17) is 15.2 Å². The molecule has 0 spiro atoms. The van der Waals surface area contributed by atoms with Gasteiger partial charge in [-0.1, -0.05) is 42.5 Å². The number of amides is 1. The maximum atomic E-state index is 12.2. The number of nitrogens with one attached hydrogen (secondary N) is 1. The number of rotatable bonds is 10. The zero-order valence-electron chi connectivity index (χ0n) is 15.5. The van der Waals surface area contributed by atoms with E-state index in [1.54, 1.807) is 7.11 Å². The molecule has 0 aliphatic heterocycles. The lowest BCUT2D eigenvalue weighted by molar-refractivity contribution is -0.121. The van der Waals surface area contributed by atoms with Gasteiger partial charge in [0.15, 0.2) is 0 Å². The van der Waals surface area contributed by atoms with Gasteiger partial charge in [0.2, 0.25) is 5.91 Å². The lowest BCUT2D eigenvalue weighted by Crippen LogP contribution is -2.27. The van der Waals surface area contributed by atoms with Crippen LogP contribution in [0.3, 0.4) is 0 Å². The Morgan fingerprint density at radius 2 is 1.92 bits per heavy atom. The van der Waals surface area contributed by atoms with Gasteiger partial charge in [0.05, 0.1) is 6.61 Å². The predicted molar refractivity (Wildman–Crippen MR) is 103 cm³/mol. The summed E-state index contributed by atoms with van der Waals surface area (Å²) in [6.45, 7) is 3.68. The standard InChI is InChI=1S/C21H28N2O3/c1-16-9-10-18(20(13-16)26-12-6-11-25-2)15-23-21(24)14-19(22)17-7-4-3-5-8-17/h3-5,7-10,13,19H,6,11-12,14-15,22H2,1-2H3,(H,23,24). The molecule has 0 radical (unpaired) electrons. The van der Waals surface area contributed by atoms with Crippen LogP contribution in [0.1, 0.15) is 35.6 Å². The van der Waals surface area contributed by atoms with Gasteiger partial charge in [0.1, 0.15) is 5.75 Å². The van der Waals surface area contributed by atoms with Gasteiger partial charge < -0.3 is 20.5 Å². The molecule has 3 N–H and O–H groups in total. The minimum Gasteiger partial charge on any atom is -0.493 e. The second-order valence-corrected chi connectivity index (χ2v) is 6.30. The van der Waals surface area contributed by atoms with Crippen molar-refractivity contribution in [3.63, 3.8) is 0 Å². The van der Waals surface area contributed by atoms with Crippen LogP contribution in [0.25, 0.3) is 0 Å². The van der Waals surface area contributed by atoms with E-state index in [1.165, 1.54) is 0 Å². The highest BCUT2D eigenvalue weighted by atomic mass is 16.5. The fraction of sp³-hybridized carbons (Fsp3) is 0.381. The summed E-state index contributed by atoms with van der Waals surface area (Å²) in [5.74, 6) is 0.723. The normalized spacial score (nSPS) is 11.8. The molecule has 0 aromatic heterocycles. The minimum atomic E-state index is -0.306. The summed E-state index contributed by atoms with van der Waals surface area (Å²) >= 11 is 0. The highest BCUT2D eigenvalue weighted by Crippen LogP contribution is 2.21. The average molecular weight is 356 g/mol. The van der Waals surface area contributed by atoms with Crippen LogP contribution in [-0.4, -0.2) is 26.2 Å². The molecule has 140 valence electrons. The Morgan fingerprint density at radius 1 is 1.15 bits per heavy atom. The number of carbonyl (C=O) groups is 1. The topological polar surface area (TPSA) is 73.6 Å². The smallest absolute Gasteiger partial charge is 0.222 e. The van der Waals surface area contributed by atoms with Crippen LogP contribution in [0, 0.1) is 6.92 Å². The van der Waals surface area contributed by atoms with Crippen molar-refractivity contribution in [1.29, 1.82) is 0 Å². The van der Waals surface area contributed by atoms with Crippen molar-refractivity contribution in [2.45, 2.75) is 32.4 Å². The molecule has 1 atom stereocenters. The fourth-order valence-corrected chi connectivity index (χ4v) is 2.61. The van der Waals surface area contributed by atoms with Crippen molar-refractivity contribution < 1.29 is 14.3 Å². The third kappa shape index (κ3) is 6.50. The first kappa shape index (κ1) is 19.9. The molecule has 2 aromatic rings. The predicted octanol–water partition coefficient (Wildman–Crippen LogP) is 3.12. The van der Waals surface area contributed by atoms with Crippen molar-refractivity contribution in [2.75, 3.05) is 20.3 Å². The molecule has 0 fully saturated rings. The van der Waals surface area contributed by atoms with Crippen molar-refractivity contribution >= 4 is 5.91 Å². The Balaban J connectivity index is 1.88. The Hall–Kier alpha value is -2.37. The van der Waals surface area contributed by atoms with Gasteiger partial charge in [-0.15, -0.1) is 0 Å². The molecule has 2 rings (SSSR count). The molecule has 5 heteroatoms. The number of ether oxygens (including phenoxy) is 2. The van der Waals surface area contributed by atoms with Crippen LogP contribution >= 0.6 is 0 Å². The number of nitrogens with two attached hydrogens (primary N) is 1. The van der Waals surface area contributed by atoms with Crippen molar-refractivity contribution in [2.24, 2.45) is 5.73 Å². The largest absolute Gasteiger partial charge is 0.493 e. The van der Waals surface area contributed by atoms with Crippen LogP contribution in [0.4, 0.5) is 0 Å². The number of hydrogen-bond acceptors (Lipinski definition) is 4. The van der Waals surface area contributed by atoms with E-state index in [2.05, 4.69) is 5.32 Å². The Bertz CT molecular complexity index is 689. The van der Waals surface area contributed by atoms with Gasteiger partial charge in [0.25, 0.3) is 0 Å². The highest BCUT2D eigenvalue weighted by Gasteiger charge is 2.12. The highest BCUT2D eigenvalue weighted by molar-refractivity contribution is 5.76. The van der Waals surface area contributed by atoms with Crippen LogP contribution in [0.15, 0.2) is 48.5 Å². The molecular formula is C21H28N2O3. The lowest BCUT2D eigenvalue weighted by Gasteiger charge is -2.15. The van der Waals surface area contributed by atoms with Crippen molar-refractivity contribution in [3.05, 3.63) is 65.2 Å². The molecule has 0 aliphatic carbocycles. The van der Waals surface area contributed by atoms with Crippen molar-refractivity contribution in [1.82, 2.24) is 5.32 Å². The summed E-state index contributed by atoms with van der Waals surface area (Å²) in [6.07, 6.45) is 1.07. The Kier molecular flexibility index (Phi) is 8.12. The van der Waals surface area contributed by atoms with Crippen LogP contribution in [0.2, 0.25) is 0 Å². The zero-order valence-corrected chi connectivity index (χ0v) is 15.5. The summed E-state index contributed by atoms with van der Waals surface area (Å²) < 4.78 is 10.9. The molecule has 0 heterocycles.